The van der Waals surface area contributed by atoms with E-state index in [0.29, 0.717) is 12.3 Å². The Morgan fingerprint density at radius 3 is 2.56 bits per heavy atom. The molecular weight excluding hydrogens is 230 g/mol. The summed E-state index contributed by atoms with van der Waals surface area (Å²) in [5.41, 5.74) is 1.52. The maximum atomic E-state index is 11.1. The smallest absolute Gasteiger partial charge is 0.330 e. The molecule has 4 heteroatoms. The van der Waals surface area contributed by atoms with Crippen LogP contribution < -0.4 is 5.32 Å². The van der Waals surface area contributed by atoms with Gasteiger partial charge in [0.05, 0.1) is 6.61 Å². The summed E-state index contributed by atoms with van der Waals surface area (Å²) in [6.45, 7) is 5.48. The molecule has 0 aliphatic heterocycles. The van der Waals surface area contributed by atoms with Crippen molar-refractivity contribution in [2.75, 3.05) is 11.9 Å². The van der Waals surface area contributed by atoms with E-state index >= 15 is 0 Å². The first kappa shape index (κ1) is 13.7. The number of anilines is 1. The lowest BCUT2D eigenvalue weighted by atomic mass is 10.2. The first-order valence-electron chi connectivity index (χ1n) is 5.54. The van der Waals surface area contributed by atoms with Gasteiger partial charge in [-0.1, -0.05) is 18.7 Å². The van der Waals surface area contributed by atoms with E-state index in [4.69, 9.17) is 4.74 Å². The molecule has 1 aromatic carbocycles. The summed E-state index contributed by atoms with van der Waals surface area (Å²) in [6.07, 6.45) is 4.21. The van der Waals surface area contributed by atoms with Crippen molar-refractivity contribution in [3.63, 3.8) is 0 Å². The van der Waals surface area contributed by atoms with Crippen LogP contribution in [0.1, 0.15) is 12.5 Å². The minimum Gasteiger partial charge on any atom is -0.463 e. The molecule has 0 unspecified atom stereocenters. The Morgan fingerprint density at radius 1 is 1.33 bits per heavy atom. The summed E-state index contributed by atoms with van der Waals surface area (Å²) in [7, 11) is 0. The number of carbonyl (C=O) groups excluding carboxylic acids is 2. The zero-order valence-corrected chi connectivity index (χ0v) is 10.2. The fourth-order valence-corrected chi connectivity index (χ4v) is 1.23. The van der Waals surface area contributed by atoms with Gasteiger partial charge in [-0.25, -0.2) is 4.79 Å². The molecule has 1 rings (SSSR count). The van der Waals surface area contributed by atoms with Crippen LogP contribution in [0.3, 0.4) is 0 Å². The summed E-state index contributed by atoms with van der Waals surface area (Å²) in [6, 6.07) is 7.06. The molecule has 4 nitrogen and oxygen atoms in total. The van der Waals surface area contributed by atoms with Gasteiger partial charge in [-0.3, -0.25) is 4.79 Å². The predicted octanol–water partition coefficient (Wildman–Crippen LogP) is 2.39. The number of benzene rings is 1. The molecule has 0 aromatic heterocycles. The molecule has 1 amide bonds. The van der Waals surface area contributed by atoms with E-state index in [0.717, 1.165) is 5.56 Å². The highest BCUT2D eigenvalue weighted by Gasteiger charge is 1.97. The summed E-state index contributed by atoms with van der Waals surface area (Å²) in [4.78, 5) is 22.1. The lowest BCUT2D eigenvalue weighted by Gasteiger charge is -2.02. The second-order valence-corrected chi connectivity index (χ2v) is 3.40. The number of rotatable bonds is 5. The van der Waals surface area contributed by atoms with E-state index in [9.17, 15) is 9.59 Å². The van der Waals surface area contributed by atoms with Crippen LogP contribution in [0.5, 0.6) is 0 Å². The van der Waals surface area contributed by atoms with Crippen LogP contribution in [0, 0.1) is 0 Å². The van der Waals surface area contributed by atoms with Crippen molar-refractivity contribution in [1.29, 1.82) is 0 Å². The number of hydrogen-bond donors (Lipinski definition) is 1. The Labute approximate surface area is 106 Å². The molecule has 0 heterocycles. The zero-order chi connectivity index (χ0) is 13.4. The maximum Gasteiger partial charge on any atom is 0.330 e. The Morgan fingerprint density at radius 2 is 2.00 bits per heavy atom. The quantitative estimate of drug-likeness (QED) is 0.640. The molecule has 0 saturated heterocycles. The van der Waals surface area contributed by atoms with Crippen molar-refractivity contribution in [3.8, 4) is 0 Å². The van der Waals surface area contributed by atoms with Crippen LogP contribution in [0.2, 0.25) is 0 Å². The Balaban J connectivity index is 2.62. The molecule has 0 radical (unpaired) electrons. The predicted molar refractivity (Wildman–Crippen MR) is 70.9 cm³/mol. The van der Waals surface area contributed by atoms with Crippen molar-refractivity contribution >= 4 is 23.6 Å². The third-order valence-electron chi connectivity index (χ3n) is 2.06. The third kappa shape index (κ3) is 4.65. The largest absolute Gasteiger partial charge is 0.463 e. The van der Waals surface area contributed by atoms with E-state index in [1.807, 2.05) is 0 Å². The molecule has 1 aromatic rings. The number of amides is 1. The number of esters is 1. The first-order valence-corrected chi connectivity index (χ1v) is 5.54. The SMILES string of the molecule is C=CC(=O)Nc1ccc(/C=C/C(=O)OCC)cc1. The first-order chi connectivity index (χ1) is 8.65. The van der Waals surface area contributed by atoms with Gasteiger partial charge in [0.15, 0.2) is 0 Å². The van der Waals surface area contributed by atoms with Gasteiger partial charge >= 0.3 is 5.97 Å². The van der Waals surface area contributed by atoms with Gasteiger partial charge in [0.2, 0.25) is 5.91 Å². The van der Waals surface area contributed by atoms with Crippen LogP contribution in [-0.4, -0.2) is 18.5 Å². The van der Waals surface area contributed by atoms with Crippen LogP contribution in [0.15, 0.2) is 43.0 Å². The molecule has 1 N–H and O–H groups in total. The highest BCUT2D eigenvalue weighted by atomic mass is 16.5. The fourth-order valence-electron chi connectivity index (χ4n) is 1.23. The van der Waals surface area contributed by atoms with Gasteiger partial charge < -0.3 is 10.1 Å². The lowest BCUT2D eigenvalue weighted by molar-refractivity contribution is -0.137. The number of ether oxygens (including phenoxy) is 1. The van der Waals surface area contributed by atoms with Crippen LogP contribution in [0.25, 0.3) is 6.08 Å². The number of nitrogens with one attached hydrogen (secondary N) is 1. The minimum atomic E-state index is -0.374. The standard InChI is InChI=1S/C14H15NO3/c1-3-13(16)15-12-8-5-11(6-9-12)7-10-14(17)18-4-2/h3,5-10H,1,4H2,2H3,(H,15,16)/b10-7+. The van der Waals surface area contributed by atoms with Crippen molar-refractivity contribution in [2.24, 2.45) is 0 Å². The van der Waals surface area contributed by atoms with Gasteiger partial charge in [-0.2, -0.15) is 0 Å². The van der Waals surface area contributed by atoms with Gasteiger partial charge in [-0.15, -0.1) is 0 Å². The van der Waals surface area contributed by atoms with Gasteiger partial charge in [-0.05, 0) is 36.8 Å². The van der Waals surface area contributed by atoms with E-state index in [-0.39, 0.29) is 11.9 Å². The van der Waals surface area contributed by atoms with Gasteiger partial charge in [0.25, 0.3) is 0 Å². The molecule has 0 aliphatic carbocycles. The topological polar surface area (TPSA) is 55.4 Å². The van der Waals surface area contributed by atoms with Crippen molar-refractivity contribution in [3.05, 3.63) is 48.6 Å². The normalized spacial score (nSPS) is 10.1. The summed E-state index contributed by atoms with van der Waals surface area (Å²) in [5.74, 6) is -0.633. The maximum absolute atomic E-state index is 11.1. The van der Waals surface area contributed by atoms with Crippen LogP contribution >= 0.6 is 0 Å². The van der Waals surface area contributed by atoms with E-state index in [1.165, 1.54) is 12.2 Å². The van der Waals surface area contributed by atoms with Gasteiger partial charge in [0, 0.05) is 11.8 Å². The molecule has 0 spiro atoms. The second-order valence-electron chi connectivity index (χ2n) is 3.40. The van der Waals surface area contributed by atoms with Crippen molar-refractivity contribution in [2.45, 2.75) is 6.92 Å². The molecule has 0 aliphatic rings. The molecule has 18 heavy (non-hydrogen) atoms. The van der Waals surface area contributed by atoms with Gasteiger partial charge in [0.1, 0.15) is 0 Å². The third-order valence-corrected chi connectivity index (χ3v) is 2.06. The number of hydrogen-bond acceptors (Lipinski definition) is 3. The average molecular weight is 245 g/mol. The molecule has 94 valence electrons. The Hall–Kier alpha value is -2.36. The molecule has 0 fully saturated rings. The van der Waals surface area contributed by atoms with Crippen molar-refractivity contribution in [1.82, 2.24) is 0 Å². The fraction of sp³-hybridized carbons (Fsp3) is 0.143. The Bertz CT molecular complexity index is 460. The Kier molecular flexibility index (Phi) is 5.38. The molecule has 0 saturated carbocycles. The van der Waals surface area contributed by atoms with Crippen LogP contribution in [-0.2, 0) is 14.3 Å². The summed E-state index contributed by atoms with van der Waals surface area (Å²) >= 11 is 0. The zero-order valence-electron chi connectivity index (χ0n) is 10.2. The molecule has 0 bridgehead atoms. The highest BCUT2D eigenvalue weighted by Crippen LogP contribution is 2.10. The van der Waals surface area contributed by atoms with E-state index < -0.39 is 0 Å². The van der Waals surface area contributed by atoms with Crippen molar-refractivity contribution < 1.29 is 14.3 Å². The van der Waals surface area contributed by atoms with E-state index in [2.05, 4.69) is 11.9 Å². The second kappa shape index (κ2) is 7.06. The lowest BCUT2D eigenvalue weighted by Crippen LogP contribution is -2.06. The molecular formula is C14H15NO3. The number of carbonyl (C=O) groups is 2. The summed E-state index contributed by atoms with van der Waals surface area (Å²) in [5, 5.41) is 2.63. The summed E-state index contributed by atoms with van der Waals surface area (Å²) < 4.78 is 4.76. The average Bonchev–Trinajstić information content (AvgIpc) is 2.38. The monoisotopic (exact) mass is 245 g/mol. The van der Waals surface area contributed by atoms with Crippen LogP contribution in [0.4, 0.5) is 5.69 Å². The highest BCUT2D eigenvalue weighted by molar-refractivity contribution is 5.98. The minimum absolute atomic E-state index is 0.259. The van der Waals surface area contributed by atoms with E-state index in [1.54, 1.807) is 37.3 Å². The molecule has 0 atom stereocenters.